The molecule has 63 heavy (non-hydrogen) atoms. The number of halogens is 1. The van der Waals surface area contributed by atoms with E-state index in [1.807, 2.05) is 42.7 Å². The molecular formula is C59H39FIrN2-2. The fourth-order valence-corrected chi connectivity index (χ4v) is 8.26. The number of nitrogens with zero attached hydrogens (tertiary/aromatic N) is 2. The van der Waals surface area contributed by atoms with E-state index in [0.717, 1.165) is 89.3 Å². The monoisotopic (exact) mass is 987 g/mol. The molecule has 1 radical (unpaired) electrons. The molecule has 0 spiro atoms. The zero-order valence-electron chi connectivity index (χ0n) is 34.4. The molecule has 0 saturated carbocycles. The van der Waals surface area contributed by atoms with E-state index in [1.54, 1.807) is 6.07 Å². The Bertz CT molecular complexity index is 3150. The number of pyridine rings is 2. The molecule has 0 aliphatic heterocycles. The Hall–Kier alpha value is -7.36. The van der Waals surface area contributed by atoms with Gasteiger partial charge in [0.15, 0.2) is 0 Å². The minimum absolute atomic E-state index is 0. The molecule has 2 nitrogen and oxygen atoms in total. The molecule has 0 saturated heterocycles. The van der Waals surface area contributed by atoms with Gasteiger partial charge in [-0.2, -0.15) is 0 Å². The summed E-state index contributed by atoms with van der Waals surface area (Å²) in [5.74, 6) is -0.316. The van der Waals surface area contributed by atoms with Crippen molar-refractivity contribution in [3.8, 4) is 100 Å². The summed E-state index contributed by atoms with van der Waals surface area (Å²) in [6.07, 6.45) is 3.91. The fraction of sp³-hybridized carbons (Fsp3) is 0.0169. The van der Waals surface area contributed by atoms with Gasteiger partial charge in [-0.15, -0.1) is 65.7 Å². The normalized spacial score (nSPS) is 10.9. The van der Waals surface area contributed by atoms with Crippen LogP contribution in [0.25, 0.3) is 100 Å². The van der Waals surface area contributed by atoms with Gasteiger partial charge in [0.2, 0.25) is 0 Å². The molecule has 0 bridgehead atoms. The Morgan fingerprint density at radius 3 is 1.48 bits per heavy atom. The predicted octanol–water partition coefficient (Wildman–Crippen LogP) is 15.5. The maximum atomic E-state index is 13.6. The van der Waals surface area contributed by atoms with Gasteiger partial charge in [0.05, 0.1) is 0 Å². The zero-order valence-corrected chi connectivity index (χ0v) is 36.8. The second kappa shape index (κ2) is 18.3. The van der Waals surface area contributed by atoms with Crippen molar-refractivity contribution in [2.24, 2.45) is 0 Å². The Morgan fingerprint density at radius 1 is 0.365 bits per heavy atom. The molecule has 0 amide bonds. The standard InChI is InChI=1S/C59H39FN2.Ir/c1-40-34-49(53-17-9-8-16-52(53)48-30-33-58(61-38-48)47-28-31-51(60)32-29-47)36-50(35-40)54-18-10-11-19-55(54)57-39-62-59(46-14-6-3-7-15-46)37-56(57)45-26-24-44(25-27-45)43-22-20-42(21-23-43)41-12-4-2-5-13-41;/h2-14,16-28,30-39H,1H3;/q-2;. The number of aromatic nitrogens is 2. The molecular weight excluding hydrogens is 948 g/mol. The smallest absolute Gasteiger partial charge is 0.0379 e. The molecule has 0 atom stereocenters. The summed E-state index contributed by atoms with van der Waals surface area (Å²) in [7, 11) is 0. The van der Waals surface area contributed by atoms with Gasteiger partial charge in [0, 0.05) is 43.9 Å². The summed E-state index contributed by atoms with van der Waals surface area (Å²) in [6, 6.07) is 77.1. The first kappa shape index (κ1) is 41.0. The topological polar surface area (TPSA) is 25.8 Å². The van der Waals surface area contributed by atoms with Crippen LogP contribution in [0, 0.1) is 24.9 Å². The van der Waals surface area contributed by atoms with Crippen LogP contribution in [-0.4, -0.2) is 9.97 Å². The number of hydrogen-bond donors (Lipinski definition) is 0. The van der Waals surface area contributed by atoms with E-state index in [1.165, 1.54) is 28.8 Å². The third kappa shape index (κ3) is 8.74. The number of hydrogen-bond acceptors (Lipinski definition) is 2. The van der Waals surface area contributed by atoms with E-state index < -0.39 is 0 Å². The van der Waals surface area contributed by atoms with E-state index in [4.69, 9.17) is 9.97 Å². The van der Waals surface area contributed by atoms with Crippen LogP contribution >= 0.6 is 0 Å². The van der Waals surface area contributed by atoms with E-state index in [2.05, 4.69) is 177 Å². The van der Waals surface area contributed by atoms with E-state index in [-0.39, 0.29) is 25.9 Å². The first-order chi connectivity index (χ1) is 30.5. The van der Waals surface area contributed by atoms with Crippen LogP contribution in [0.15, 0.2) is 219 Å². The molecule has 2 heterocycles. The quantitative estimate of drug-likeness (QED) is 0.135. The molecule has 0 aliphatic rings. The van der Waals surface area contributed by atoms with Crippen molar-refractivity contribution in [2.75, 3.05) is 0 Å². The summed E-state index contributed by atoms with van der Waals surface area (Å²) < 4.78 is 13.6. The minimum atomic E-state index is -0.316. The number of rotatable bonds is 9. The Labute approximate surface area is 381 Å². The summed E-state index contributed by atoms with van der Waals surface area (Å²) >= 11 is 0. The van der Waals surface area contributed by atoms with Crippen LogP contribution in [-0.2, 0) is 20.1 Å². The van der Waals surface area contributed by atoms with Crippen molar-refractivity contribution in [3.63, 3.8) is 0 Å². The number of aryl methyl sites for hydroxylation is 1. The van der Waals surface area contributed by atoms with Gasteiger partial charge in [0.25, 0.3) is 0 Å². The Morgan fingerprint density at radius 2 is 0.889 bits per heavy atom. The third-order valence-corrected chi connectivity index (χ3v) is 11.4. The van der Waals surface area contributed by atoms with Crippen molar-refractivity contribution in [2.45, 2.75) is 6.92 Å². The Kier molecular flexibility index (Phi) is 11.9. The average Bonchev–Trinajstić information content (AvgIpc) is 3.34. The van der Waals surface area contributed by atoms with Crippen molar-refractivity contribution in [1.82, 2.24) is 9.97 Å². The SMILES string of the molecule is Cc1cc(-c2ccccc2-c2ccc(-c3[c-]cc(F)cc3)nc2)cc(-c2ccccc2-c2cnc(-c3[c-]cccc3)cc2-c2ccc(-c3ccc(-c4ccccc4)cc3)cc2)c1.[Ir]. The van der Waals surface area contributed by atoms with E-state index in [9.17, 15) is 4.39 Å². The van der Waals surface area contributed by atoms with E-state index >= 15 is 0 Å². The molecule has 0 unspecified atom stereocenters. The van der Waals surface area contributed by atoms with Crippen LogP contribution in [0.4, 0.5) is 4.39 Å². The van der Waals surface area contributed by atoms with Gasteiger partial charge in [-0.3, -0.25) is 4.39 Å². The third-order valence-electron chi connectivity index (χ3n) is 11.4. The van der Waals surface area contributed by atoms with Crippen molar-refractivity contribution >= 4 is 0 Å². The van der Waals surface area contributed by atoms with Crippen LogP contribution in [0.3, 0.4) is 0 Å². The van der Waals surface area contributed by atoms with Gasteiger partial charge in [0.1, 0.15) is 0 Å². The van der Waals surface area contributed by atoms with Crippen LogP contribution in [0.2, 0.25) is 0 Å². The van der Waals surface area contributed by atoms with E-state index in [0.29, 0.717) is 0 Å². The summed E-state index contributed by atoms with van der Waals surface area (Å²) in [5, 5.41) is 0. The van der Waals surface area contributed by atoms with Gasteiger partial charge < -0.3 is 9.97 Å². The van der Waals surface area contributed by atoms with Gasteiger partial charge in [-0.05, 0) is 102 Å². The first-order valence-corrected chi connectivity index (χ1v) is 20.7. The molecule has 8 aromatic carbocycles. The van der Waals surface area contributed by atoms with Crippen molar-refractivity contribution in [3.05, 3.63) is 242 Å². The molecule has 4 heteroatoms. The summed E-state index contributed by atoms with van der Waals surface area (Å²) in [6.45, 7) is 2.16. The van der Waals surface area contributed by atoms with Gasteiger partial charge in [-0.1, -0.05) is 158 Å². The molecule has 0 aliphatic carbocycles. The molecule has 303 valence electrons. The summed E-state index contributed by atoms with van der Waals surface area (Å²) in [5.41, 5.74) is 20.1. The second-order valence-corrected chi connectivity index (χ2v) is 15.4. The summed E-state index contributed by atoms with van der Waals surface area (Å²) in [4.78, 5) is 9.79. The van der Waals surface area contributed by atoms with Crippen molar-refractivity contribution < 1.29 is 24.5 Å². The molecule has 10 aromatic rings. The predicted molar refractivity (Wildman–Crippen MR) is 253 cm³/mol. The van der Waals surface area contributed by atoms with Crippen LogP contribution in [0.5, 0.6) is 0 Å². The average molecular weight is 987 g/mol. The molecule has 10 rings (SSSR count). The minimum Gasteiger partial charge on any atom is -0.304 e. The second-order valence-electron chi connectivity index (χ2n) is 15.4. The number of benzene rings is 8. The molecule has 2 aromatic heterocycles. The van der Waals surface area contributed by atoms with Gasteiger partial charge in [-0.25, -0.2) is 0 Å². The Balaban J connectivity index is 0.00000504. The van der Waals surface area contributed by atoms with Crippen LogP contribution in [0.1, 0.15) is 5.56 Å². The van der Waals surface area contributed by atoms with Crippen LogP contribution < -0.4 is 0 Å². The largest absolute Gasteiger partial charge is 0.304 e. The first-order valence-electron chi connectivity index (χ1n) is 20.7. The van der Waals surface area contributed by atoms with Crippen molar-refractivity contribution in [1.29, 1.82) is 0 Å². The molecule has 0 fully saturated rings. The van der Waals surface area contributed by atoms with Gasteiger partial charge >= 0.3 is 0 Å². The zero-order chi connectivity index (χ0) is 41.8. The maximum Gasteiger partial charge on any atom is 0.0379 e. The molecule has 0 N–H and O–H groups in total. The fourth-order valence-electron chi connectivity index (χ4n) is 8.26. The maximum absolute atomic E-state index is 13.6.